The third kappa shape index (κ3) is 4.29. The van der Waals surface area contributed by atoms with E-state index in [0.717, 1.165) is 18.9 Å². The van der Waals surface area contributed by atoms with Crippen molar-refractivity contribution in [2.45, 2.75) is 25.3 Å². The van der Waals surface area contributed by atoms with Crippen molar-refractivity contribution >= 4 is 22.8 Å². The number of fused-ring (bicyclic) bond motifs is 1. The molecule has 0 unspecified atom stereocenters. The number of halogens is 2. The van der Waals surface area contributed by atoms with Gasteiger partial charge in [0, 0.05) is 18.7 Å². The van der Waals surface area contributed by atoms with Gasteiger partial charge in [-0.2, -0.15) is 14.8 Å². The molecule has 5 rings (SSSR count). The van der Waals surface area contributed by atoms with E-state index in [9.17, 15) is 13.6 Å². The molecule has 2 aromatic carbocycles. The number of likely N-dealkylation sites (tertiary alicyclic amines) is 1. The van der Waals surface area contributed by atoms with E-state index in [0.29, 0.717) is 41.1 Å². The van der Waals surface area contributed by atoms with Gasteiger partial charge in [-0.15, -0.1) is 0 Å². The van der Waals surface area contributed by atoms with Crippen LogP contribution in [-0.4, -0.2) is 43.6 Å². The summed E-state index contributed by atoms with van der Waals surface area (Å²) >= 11 is 0. The van der Waals surface area contributed by atoms with Crippen molar-refractivity contribution in [1.29, 1.82) is 5.26 Å². The molecule has 0 bridgehead atoms. The third-order valence-corrected chi connectivity index (χ3v) is 6.12. The molecule has 182 valence electrons. The summed E-state index contributed by atoms with van der Waals surface area (Å²) in [4.78, 5) is 22.5. The Labute approximate surface area is 204 Å². The number of nitriles is 1. The van der Waals surface area contributed by atoms with Crippen molar-refractivity contribution in [3.05, 3.63) is 60.4 Å². The molecule has 11 heteroatoms. The molecule has 36 heavy (non-hydrogen) atoms. The minimum Gasteiger partial charge on any atom is -0.454 e. The van der Waals surface area contributed by atoms with Crippen LogP contribution in [0.2, 0.25) is 0 Å². The first-order valence-electron chi connectivity index (χ1n) is 11.3. The van der Waals surface area contributed by atoms with Gasteiger partial charge in [0.25, 0.3) is 0 Å². The Morgan fingerprint density at radius 3 is 2.78 bits per heavy atom. The summed E-state index contributed by atoms with van der Waals surface area (Å²) < 4.78 is 34.7. The van der Waals surface area contributed by atoms with Crippen LogP contribution in [0.1, 0.15) is 25.3 Å². The SMILES string of the molecule is N#CCC(=O)N1CCC[C@@H](n2nc(-c3ccc(Oc4cccc(F)c4F)cc3)c3c(N)ncnc32)C1. The van der Waals surface area contributed by atoms with Crippen LogP contribution in [0.3, 0.4) is 0 Å². The maximum atomic E-state index is 14.0. The Balaban J connectivity index is 1.48. The summed E-state index contributed by atoms with van der Waals surface area (Å²) in [6.45, 7) is 1.00. The standard InChI is InChI=1S/C25H21F2N7O2/c26-18-4-1-5-19(22(18)27)36-17-8-6-15(7-9-17)23-21-24(29)30-14-31-25(21)34(32-23)16-3-2-12-33(13-16)20(35)10-11-28/h1,4-9,14,16H,2-3,10,12-13H2,(H2,29,30,31)/t16-/m1/s1. The van der Waals surface area contributed by atoms with Gasteiger partial charge in [-0.3, -0.25) is 4.79 Å². The zero-order chi connectivity index (χ0) is 25.2. The first-order chi connectivity index (χ1) is 17.5. The van der Waals surface area contributed by atoms with Crippen molar-refractivity contribution < 1.29 is 18.3 Å². The number of carbonyl (C=O) groups is 1. The number of piperidine rings is 1. The molecule has 0 aliphatic carbocycles. The molecule has 1 fully saturated rings. The lowest BCUT2D eigenvalue weighted by Crippen LogP contribution is -2.40. The number of amides is 1. The Morgan fingerprint density at radius 1 is 1.19 bits per heavy atom. The molecular formula is C25H21F2N7O2. The van der Waals surface area contributed by atoms with Crippen LogP contribution in [0.4, 0.5) is 14.6 Å². The number of nitrogens with two attached hydrogens (primary N) is 1. The molecule has 1 saturated heterocycles. The number of nitrogens with zero attached hydrogens (tertiary/aromatic N) is 6. The van der Waals surface area contributed by atoms with Crippen LogP contribution in [0.5, 0.6) is 11.5 Å². The molecule has 1 atom stereocenters. The Morgan fingerprint density at radius 2 is 2.00 bits per heavy atom. The summed E-state index contributed by atoms with van der Waals surface area (Å²) in [6.07, 6.45) is 2.75. The van der Waals surface area contributed by atoms with E-state index < -0.39 is 11.6 Å². The van der Waals surface area contributed by atoms with E-state index in [1.807, 2.05) is 6.07 Å². The fourth-order valence-corrected chi connectivity index (χ4v) is 4.38. The van der Waals surface area contributed by atoms with Gasteiger partial charge in [-0.05, 0) is 49.2 Å². The lowest BCUT2D eigenvalue weighted by atomic mass is 10.1. The molecular weight excluding hydrogens is 468 g/mol. The fraction of sp³-hybridized carbons (Fsp3) is 0.240. The van der Waals surface area contributed by atoms with E-state index in [1.54, 1.807) is 33.8 Å². The highest BCUT2D eigenvalue weighted by atomic mass is 19.2. The van der Waals surface area contributed by atoms with Gasteiger partial charge in [0.15, 0.2) is 17.2 Å². The summed E-state index contributed by atoms with van der Waals surface area (Å²) in [5.41, 5.74) is 7.99. The number of nitrogen functional groups attached to an aromatic ring is 1. The smallest absolute Gasteiger partial charge is 0.236 e. The first-order valence-corrected chi connectivity index (χ1v) is 11.3. The molecule has 1 aliphatic rings. The summed E-state index contributed by atoms with van der Waals surface area (Å²) in [7, 11) is 0. The number of aromatic nitrogens is 4. The monoisotopic (exact) mass is 489 g/mol. The quantitative estimate of drug-likeness (QED) is 0.445. The normalized spacial score (nSPS) is 15.6. The number of benzene rings is 2. The highest BCUT2D eigenvalue weighted by molar-refractivity contribution is 5.98. The van der Waals surface area contributed by atoms with Crippen molar-refractivity contribution in [2.75, 3.05) is 18.8 Å². The number of anilines is 1. The molecule has 3 heterocycles. The topological polar surface area (TPSA) is 123 Å². The van der Waals surface area contributed by atoms with Gasteiger partial charge in [-0.1, -0.05) is 6.07 Å². The van der Waals surface area contributed by atoms with E-state index in [-0.39, 0.29) is 29.9 Å². The zero-order valence-corrected chi connectivity index (χ0v) is 19.1. The van der Waals surface area contributed by atoms with Crippen LogP contribution < -0.4 is 10.5 Å². The van der Waals surface area contributed by atoms with Crippen LogP contribution >= 0.6 is 0 Å². The van der Waals surface area contributed by atoms with E-state index in [4.69, 9.17) is 20.8 Å². The molecule has 1 amide bonds. The van der Waals surface area contributed by atoms with Gasteiger partial charge in [0.05, 0.1) is 17.5 Å². The highest BCUT2D eigenvalue weighted by Crippen LogP contribution is 2.35. The summed E-state index contributed by atoms with van der Waals surface area (Å²) in [6, 6.07) is 12.2. The molecule has 0 spiro atoms. The molecule has 2 aromatic heterocycles. The predicted octanol–water partition coefficient (Wildman–Crippen LogP) is 4.22. The van der Waals surface area contributed by atoms with E-state index in [1.165, 1.54) is 18.5 Å². The molecule has 4 aromatic rings. The number of ether oxygens (including phenoxy) is 1. The average Bonchev–Trinajstić information content (AvgIpc) is 3.29. The zero-order valence-electron chi connectivity index (χ0n) is 19.1. The van der Waals surface area contributed by atoms with Crippen molar-refractivity contribution in [3.8, 4) is 28.8 Å². The van der Waals surface area contributed by atoms with Gasteiger partial charge in [-0.25, -0.2) is 19.0 Å². The van der Waals surface area contributed by atoms with Crippen molar-refractivity contribution in [3.63, 3.8) is 0 Å². The second kappa shape index (κ2) is 9.58. The van der Waals surface area contributed by atoms with Gasteiger partial charge < -0.3 is 15.4 Å². The molecule has 1 aliphatic heterocycles. The number of carbonyl (C=O) groups excluding carboxylic acids is 1. The van der Waals surface area contributed by atoms with Crippen LogP contribution in [0, 0.1) is 23.0 Å². The second-order valence-electron chi connectivity index (χ2n) is 8.40. The molecule has 9 nitrogen and oxygen atoms in total. The van der Waals surface area contributed by atoms with Crippen LogP contribution in [0.25, 0.3) is 22.3 Å². The number of hydrogen-bond acceptors (Lipinski definition) is 7. The Kier molecular flexibility index (Phi) is 6.16. The maximum Gasteiger partial charge on any atom is 0.236 e. The van der Waals surface area contributed by atoms with Gasteiger partial charge in [0.2, 0.25) is 11.7 Å². The summed E-state index contributed by atoms with van der Waals surface area (Å²) in [5.74, 6) is -1.91. The lowest BCUT2D eigenvalue weighted by Gasteiger charge is -2.32. The predicted molar refractivity (Wildman–Crippen MR) is 127 cm³/mol. The summed E-state index contributed by atoms with van der Waals surface area (Å²) in [5, 5.41) is 14.3. The first kappa shape index (κ1) is 23.2. The highest BCUT2D eigenvalue weighted by Gasteiger charge is 2.28. The minimum absolute atomic E-state index is 0.148. The largest absolute Gasteiger partial charge is 0.454 e. The number of rotatable bonds is 5. The number of hydrogen-bond donors (Lipinski definition) is 1. The maximum absolute atomic E-state index is 14.0. The van der Waals surface area contributed by atoms with Crippen molar-refractivity contribution in [2.24, 2.45) is 0 Å². The van der Waals surface area contributed by atoms with E-state index in [2.05, 4.69) is 9.97 Å². The molecule has 0 radical (unpaired) electrons. The third-order valence-electron chi connectivity index (χ3n) is 6.12. The Bertz CT molecular complexity index is 1480. The fourth-order valence-electron chi connectivity index (χ4n) is 4.38. The Hall–Kier alpha value is -4.59. The van der Waals surface area contributed by atoms with Crippen molar-refractivity contribution in [1.82, 2.24) is 24.6 Å². The molecule has 0 saturated carbocycles. The van der Waals surface area contributed by atoms with E-state index >= 15 is 0 Å². The minimum atomic E-state index is -1.06. The lowest BCUT2D eigenvalue weighted by molar-refractivity contribution is -0.131. The van der Waals surface area contributed by atoms with Gasteiger partial charge >= 0.3 is 0 Å². The van der Waals surface area contributed by atoms with Crippen LogP contribution in [-0.2, 0) is 4.79 Å². The second-order valence-corrected chi connectivity index (χ2v) is 8.40. The van der Waals surface area contributed by atoms with Gasteiger partial charge in [0.1, 0.15) is 30.0 Å². The average molecular weight is 489 g/mol. The van der Waals surface area contributed by atoms with Crippen LogP contribution in [0.15, 0.2) is 48.8 Å². The molecule has 2 N–H and O–H groups in total.